The lowest BCUT2D eigenvalue weighted by molar-refractivity contribution is -0.121. The van der Waals surface area contributed by atoms with Crippen molar-refractivity contribution in [3.05, 3.63) is 0 Å². The molecule has 0 saturated carbocycles. The molecule has 3 amide bonds. The van der Waals surface area contributed by atoms with E-state index < -0.39 is 12.1 Å². The number of nitrogens with one attached hydrogen (secondary N) is 2. The Balaban J connectivity index is 4.15. The Labute approximate surface area is 90.8 Å². The summed E-state index contributed by atoms with van der Waals surface area (Å²) < 4.78 is 0. The van der Waals surface area contributed by atoms with Gasteiger partial charge in [0.2, 0.25) is 5.91 Å². The molecule has 0 saturated heterocycles. The minimum absolute atomic E-state index is 0.263. The number of amides is 3. The van der Waals surface area contributed by atoms with E-state index in [4.69, 9.17) is 5.73 Å². The molecule has 0 radical (unpaired) electrons. The van der Waals surface area contributed by atoms with Crippen LogP contribution in [0.2, 0.25) is 0 Å². The SMILES string of the molecule is CCC(NC(C)C(=O)NC(N)=O)C(C)C. The summed E-state index contributed by atoms with van der Waals surface area (Å²) in [7, 11) is 0. The Hall–Kier alpha value is -1.10. The molecule has 2 atom stereocenters. The van der Waals surface area contributed by atoms with E-state index >= 15 is 0 Å². The molecular formula is C10H21N3O2. The van der Waals surface area contributed by atoms with Gasteiger partial charge in [0.15, 0.2) is 0 Å². The zero-order valence-corrected chi connectivity index (χ0v) is 9.83. The minimum Gasteiger partial charge on any atom is -0.351 e. The molecule has 0 aliphatic carbocycles. The maximum Gasteiger partial charge on any atom is 0.318 e. The molecule has 2 unspecified atom stereocenters. The number of hydrogen-bond donors (Lipinski definition) is 3. The zero-order chi connectivity index (χ0) is 12.0. The Bertz CT molecular complexity index is 229. The van der Waals surface area contributed by atoms with E-state index in [9.17, 15) is 9.59 Å². The molecule has 0 aromatic carbocycles. The first-order valence-electron chi connectivity index (χ1n) is 5.24. The summed E-state index contributed by atoms with van der Waals surface area (Å²) in [5.41, 5.74) is 4.86. The van der Waals surface area contributed by atoms with Crippen LogP contribution in [0.1, 0.15) is 34.1 Å². The molecule has 0 fully saturated rings. The van der Waals surface area contributed by atoms with Crippen LogP contribution in [0.5, 0.6) is 0 Å². The fourth-order valence-corrected chi connectivity index (χ4v) is 1.41. The third-order valence-electron chi connectivity index (χ3n) is 2.35. The van der Waals surface area contributed by atoms with E-state index in [0.29, 0.717) is 5.92 Å². The van der Waals surface area contributed by atoms with Crippen LogP contribution in [0, 0.1) is 5.92 Å². The van der Waals surface area contributed by atoms with Gasteiger partial charge in [-0.1, -0.05) is 20.8 Å². The van der Waals surface area contributed by atoms with E-state index in [1.54, 1.807) is 6.92 Å². The quantitative estimate of drug-likeness (QED) is 0.627. The van der Waals surface area contributed by atoms with E-state index in [0.717, 1.165) is 6.42 Å². The van der Waals surface area contributed by atoms with Crippen molar-refractivity contribution in [2.24, 2.45) is 11.7 Å². The number of rotatable bonds is 5. The number of carbonyl (C=O) groups excluding carboxylic acids is 2. The summed E-state index contributed by atoms with van der Waals surface area (Å²) in [5, 5.41) is 5.20. The first kappa shape index (κ1) is 13.9. The van der Waals surface area contributed by atoms with Gasteiger partial charge in [0.25, 0.3) is 0 Å². The van der Waals surface area contributed by atoms with Crippen LogP contribution in [0.4, 0.5) is 4.79 Å². The predicted molar refractivity (Wildman–Crippen MR) is 59.2 cm³/mol. The fourth-order valence-electron chi connectivity index (χ4n) is 1.41. The van der Waals surface area contributed by atoms with Gasteiger partial charge in [0, 0.05) is 6.04 Å². The number of urea groups is 1. The van der Waals surface area contributed by atoms with Crippen molar-refractivity contribution in [3.8, 4) is 0 Å². The molecule has 0 aliphatic rings. The maximum absolute atomic E-state index is 11.4. The van der Waals surface area contributed by atoms with Crippen molar-refractivity contribution in [1.29, 1.82) is 0 Å². The number of hydrogen-bond acceptors (Lipinski definition) is 3. The second kappa shape index (κ2) is 6.40. The zero-order valence-electron chi connectivity index (χ0n) is 9.83. The summed E-state index contributed by atoms with van der Waals surface area (Å²) in [6.45, 7) is 7.93. The monoisotopic (exact) mass is 215 g/mol. The Morgan fingerprint density at radius 2 is 1.80 bits per heavy atom. The molecule has 0 aromatic rings. The molecule has 5 heteroatoms. The van der Waals surface area contributed by atoms with Gasteiger partial charge in [-0.15, -0.1) is 0 Å². The highest BCUT2D eigenvalue weighted by Crippen LogP contribution is 2.06. The lowest BCUT2D eigenvalue weighted by Gasteiger charge is -2.24. The number of primary amides is 1. The number of imide groups is 1. The summed E-state index contributed by atoms with van der Waals surface area (Å²) in [6, 6.07) is -0.963. The molecule has 0 aromatic heterocycles. The van der Waals surface area contributed by atoms with E-state index in [1.165, 1.54) is 0 Å². The van der Waals surface area contributed by atoms with Crippen molar-refractivity contribution in [1.82, 2.24) is 10.6 Å². The molecule has 5 nitrogen and oxygen atoms in total. The molecular weight excluding hydrogens is 194 g/mol. The van der Waals surface area contributed by atoms with E-state index in [-0.39, 0.29) is 11.9 Å². The van der Waals surface area contributed by atoms with Gasteiger partial charge in [-0.05, 0) is 19.3 Å². The standard InChI is InChI=1S/C10H21N3O2/c1-5-8(6(2)3)12-7(4)9(14)13-10(11)15/h6-8,12H,5H2,1-4H3,(H3,11,13,14,15). The molecule has 88 valence electrons. The second-order valence-corrected chi connectivity index (χ2v) is 4.00. The summed E-state index contributed by atoms with van der Waals surface area (Å²) >= 11 is 0. The first-order chi connectivity index (χ1) is 6.88. The van der Waals surface area contributed by atoms with Crippen LogP contribution >= 0.6 is 0 Å². The average Bonchev–Trinajstić information content (AvgIpc) is 2.11. The molecule has 0 spiro atoms. The van der Waals surface area contributed by atoms with Crippen LogP contribution in [0.25, 0.3) is 0 Å². The van der Waals surface area contributed by atoms with Crippen LogP contribution in [-0.4, -0.2) is 24.0 Å². The summed E-state index contributed by atoms with van der Waals surface area (Å²) in [5.74, 6) is 0.0560. The van der Waals surface area contributed by atoms with E-state index in [1.807, 2.05) is 5.32 Å². The molecule has 15 heavy (non-hydrogen) atoms. The third-order valence-corrected chi connectivity index (χ3v) is 2.35. The number of carbonyl (C=O) groups is 2. The van der Waals surface area contributed by atoms with Crippen molar-refractivity contribution in [3.63, 3.8) is 0 Å². The normalized spacial score (nSPS) is 14.7. The van der Waals surface area contributed by atoms with Gasteiger partial charge >= 0.3 is 6.03 Å². The van der Waals surface area contributed by atoms with Crippen LogP contribution < -0.4 is 16.4 Å². The summed E-state index contributed by atoms with van der Waals surface area (Å²) in [6.07, 6.45) is 0.936. The highest BCUT2D eigenvalue weighted by Gasteiger charge is 2.19. The molecule has 0 rings (SSSR count). The van der Waals surface area contributed by atoms with E-state index in [2.05, 4.69) is 26.1 Å². The fraction of sp³-hybridized carbons (Fsp3) is 0.800. The van der Waals surface area contributed by atoms with Gasteiger partial charge in [0.05, 0.1) is 6.04 Å². The second-order valence-electron chi connectivity index (χ2n) is 4.00. The Morgan fingerprint density at radius 3 is 2.13 bits per heavy atom. The largest absolute Gasteiger partial charge is 0.351 e. The lowest BCUT2D eigenvalue weighted by atomic mass is 10.0. The third kappa shape index (κ3) is 5.37. The van der Waals surface area contributed by atoms with Crippen LogP contribution in [-0.2, 0) is 4.79 Å². The van der Waals surface area contributed by atoms with Crippen LogP contribution in [0.3, 0.4) is 0 Å². The molecule has 0 bridgehead atoms. The first-order valence-corrected chi connectivity index (χ1v) is 5.24. The molecule has 0 heterocycles. The predicted octanol–water partition coefficient (Wildman–Crippen LogP) is 0.594. The maximum atomic E-state index is 11.4. The van der Waals surface area contributed by atoms with Crippen molar-refractivity contribution >= 4 is 11.9 Å². The van der Waals surface area contributed by atoms with Gasteiger partial charge < -0.3 is 11.1 Å². The van der Waals surface area contributed by atoms with Gasteiger partial charge in [-0.3, -0.25) is 10.1 Å². The van der Waals surface area contributed by atoms with Crippen molar-refractivity contribution in [2.75, 3.05) is 0 Å². The summed E-state index contributed by atoms with van der Waals surface area (Å²) in [4.78, 5) is 21.8. The smallest absolute Gasteiger partial charge is 0.318 e. The van der Waals surface area contributed by atoms with Crippen LogP contribution in [0.15, 0.2) is 0 Å². The van der Waals surface area contributed by atoms with Gasteiger partial charge in [-0.25, -0.2) is 4.79 Å². The van der Waals surface area contributed by atoms with Gasteiger partial charge in [-0.2, -0.15) is 0 Å². The average molecular weight is 215 g/mol. The van der Waals surface area contributed by atoms with Crippen molar-refractivity contribution in [2.45, 2.75) is 46.2 Å². The molecule has 4 N–H and O–H groups in total. The van der Waals surface area contributed by atoms with Gasteiger partial charge in [0.1, 0.15) is 0 Å². The lowest BCUT2D eigenvalue weighted by Crippen LogP contribution is -2.50. The topological polar surface area (TPSA) is 84.2 Å². The molecule has 0 aliphatic heterocycles. The highest BCUT2D eigenvalue weighted by atomic mass is 16.2. The minimum atomic E-state index is -0.814. The van der Waals surface area contributed by atoms with Crippen molar-refractivity contribution < 1.29 is 9.59 Å². The number of nitrogens with two attached hydrogens (primary N) is 1. The Kier molecular flexibility index (Phi) is 5.93. The Morgan fingerprint density at radius 1 is 1.27 bits per heavy atom. The highest BCUT2D eigenvalue weighted by molar-refractivity contribution is 5.96.